The van der Waals surface area contributed by atoms with Crippen LogP contribution in [0, 0.1) is 5.82 Å². The van der Waals surface area contributed by atoms with E-state index in [-0.39, 0.29) is 17.9 Å². The van der Waals surface area contributed by atoms with E-state index in [2.05, 4.69) is 22.4 Å². The van der Waals surface area contributed by atoms with Crippen LogP contribution < -0.4 is 16.8 Å². The van der Waals surface area contributed by atoms with Crippen LogP contribution in [-0.2, 0) is 17.7 Å². The highest BCUT2D eigenvalue weighted by Gasteiger charge is 2.19. The molecule has 0 radical (unpaired) electrons. The van der Waals surface area contributed by atoms with E-state index in [4.69, 9.17) is 10.6 Å². The minimum absolute atomic E-state index is 0.110. The molecule has 0 unspecified atom stereocenters. The minimum Gasteiger partial charge on any atom is -0.369 e. The molecule has 1 aromatic heterocycles. The third kappa shape index (κ3) is 5.65. The fraction of sp³-hybridized carbons (Fsp3) is 0.233. The predicted octanol–water partition coefficient (Wildman–Crippen LogP) is 5.08. The van der Waals surface area contributed by atoms with Crippen LogP contribution in [0.2, 0.25) is 0 Å². The Kier molecular flexibility index (Phi) is 8.66. The zero-order valence-electron chi connectivity index (χ0n) is 21.9. The Bertz CT molecular complexity index is 1500. The predicted molar refractivity (Wildman–Crippen MR) is 150 cm³/mol. The summed E-state index contributed by atoms with van der Waals surface area (Å²) in [5.41, 5.74) is 13.1. The second-order valence-electron chi connectivity index (χ2n) is 8.88. The molecule has 8 heteroatoms. The number of hydroxylamine groups is 1. The highest BCUT2D eigenvalue weighted by atomic mass is 19.1. The van der Waals surface area contributed by atoms with Gasteiger partial charge in [0, 0.05) is 24.6 Å². The highest BCUT2D eigenvalue weighted by molar-refractivity contribution is 6.03. The summed E-state index contributed by atoms with van der Waals surface area (Å²) in [6.07, 6.45) is 2.49. The van der Waals surface area contributed by atoms with Crippen LogP contribution >= 0.6 is 0 Å². The van der Waals surface area contributed by atoms with E-state index < -0.39 is 5.82 Å². The van der Waals surface area contributed by atoms with E-state index >= 15 is 4.39 Å². The molecule has 0 aliphatic heterocycles. The van der Waals surface area contributed by atoms with Crippen molar-refractivity contribution in [3.05, 3.63) is 111 Å². The molecular weight excluding hydrogens is 481 g/mol. The van der Waals surface area contributed by atoms with Crippen molar-refractivity contribution in [3.8, 4) is 16.8 Å². The average molecular weight is 514 g/mol. The highest BCUT2D eigenvalue weighted by Crippen LogP contribution is 2.27. The monoisotopic (exact) mass is 513 g/mol. The maximum Gasteiger partial charge on any atom is 0.263 e. The summed E-state index contributed by atoms with van der Waals surface area (Å²) in [5.74, 6) is 0.250. The van der Waals surface area contributed by atoms with Crippen LogP contribution in [0.4, 0.5) is 10.3 Å². The van der Waals surface area contributed by atoms with Crippen LogP contribution in [0.25, 0.3) is 16.8 Å². The van der Waals surface area contributed by atoms with Crippen molar-refractivity contribution in [2.75, 3.05) is 19.9 Å². The number of nitrogen functional groups attached to an aromatic ring is 1. The van der Waals surface area contributed by atoms with E-state index in [0.29, 0.717) is 40.3 Å². The number of hydrogen-bond acceptors (Lipinski definition) is 5. The number of aromatic nitrogens is 2. The van der Waals surface area contributed by atoms with Gasteiger partial charge in [-0.1, -0.05) is 67.9 Å². The van der Waals surface area contributed by atoms with Crippen molar-refractivity contribution in [2.24, 2.45) is 4.99 Å². The lowest BCUT2D eigenvalue weighted by Crippen LogP contribution is -2.28. The van der Waals surface area contributed by atoms with Gasteiger partial charge in [0.1, 0.15) is 5.82 Å². The quantitative estimate of drug-likeness (QED) is 0.185. The fourth-order valence-electron chi connectivity index (χ4n) is 4.48. The first-order valence-electron chi connectivity index (χ1n) is 12.6. The number of nitrogens with one attached hydrogen (secondary N) is 1. The Hall–Kier alpha value is -4.30. The van der Waals surface area contributed by atoms with Gasteiger partial charge in [-0.2, -0.15) is 0 Å². The van der Waals surface area contributed by atoms with Crippen molar-refractivity contribution >= 4 is 11.8 Å². The smallest absolute Gasteiger partial charge is 0.263 e. The van der Waals surface area contributed by atoms with Crippen LogP contribution in [-0.4, -0.2) is 29.5 Å². The lowest BCUT2D eigenvalue weighted by Gasteiger charge is -2.16. The first-order valence-corrected chi connectivity index (χ1v) is 12.6. The molecule has 0 fully saturated rings. The maximum absolute atomic E-state index is 15.6. The van der Waals surface area contributed by atoms with Crippen molar-refractivity contribution in [2.45, 2.75) is 32.6 Å². The number of nitrogens with two attached hydrogens (primary N) is 1. The van der Waals surface area contributed by atoms with Gasteiger partial charge >= 0.3 is 0 Å². The first kappa shape index (κ1) is 26.8. The number of unbranched alkanes of at least 4 members (excludes halogenated alkanes) is 1. The molecule has 0 bridgehead atoms. The van der Waals surface area contributed by atoms with Gasteiger partial charge in [0.15, 0.2) is 5.84 Å². The summed E-state index contributed by atoms with van der Waals surface area (Å²) in [6.45, 7) is 2.07. The number of halogens is 1. The molecule has 0 spiro atoms. The fourth-order valence-corrected chi connectivity index (χ4v) is 4.48. The van der Waals surface area contributed by atoms with E-state index in [1.807, 2.05) is 48.5 Å². The number of para-hydroxylation sites is 1. The zero-order chi connectivity index (χ0) is 27.1. The number of amidine groups is 1. The number of nitrogens with zero attached hydrogens (tertiary/aromatic N) is 3. The minimum atomic E-state index is -0.407. The molecule has 1 heterocycles. The maximum atomic E-state index is 15.6. The molecule has 0 saturated heterocycles. The molecule has 0 saturated carbocycles. The molecule has 0 amide bonds. The van der Waals surface area contributed by atoms with Gasteiger partial charge in [0.05, 0.1) is 18.5 Å². The van der Waals surface area contributed by atoms with Crippen LogP contribution in [0.1, 0.15) is 42.1 Å². The van der Waals surface area contributed by atoms with Crippen molar-refractivity contribution < 1.29 is 9.23 Å². The topological polar surface area (TPSA) is 94.5 Å². The molecule has 7 nitrogen and oxygen atoms in total. The summed E-state index contributed by atoms with van der Waals surface area (Å²) < 4.78 is 17.0. The van der Waals surface area contributed by atoms with Crippen molar-refractivity contribution in [1.82, 2.24) is 15.0 Å². The van der Waals surface area contributed by atoms with E-state index in [1.54, 1.807) is 25.2 Å². The largest absolute Gasteiger partial charge is 0.369 e. The van der Waals surface area contributed by atoms with Crippen molar-refractivity contribution in [3.63, 3.8) is 0 Å². The van der Waals surface area contributed by atoms with E-state index in [1.165, 1.54) is 17.7 Å². The molecule has 196 valence electrons. The van der Waals surface area contributed by atoms with Gasteiger partial charge in [-0.15, -0.1) is 0 Å². The number of aryl methyl sites for hydroxylation is 1. The van der Waals surface area contributed by atoms with Crippen molar-refractivity contribution in [1.29, 1.82) is 0 Å². The summed E-state index contributed by atoms with van der Waals surface area (Å²) in [5, 5.41) is 0. The second-order valence-corrected chi connectivity index (χ2v) is 8.88. The SMILES string of the molecule is CCCCc1nc(N)n(-c2ccccc2)c(=O)c1Cc1ccc(-c2ccccc2C(=NC)NOC)cc1F. The molecule has 0 aliphatic carbocycles. The normalized spacial score (nSPS) is 11.5. The Morgan fingerprint density at radius 2 is 1.84 bits per heavy atom. The zero-order valence-corrected chi connectivity index (χ0v) is 21.9. The Morgan fingerprint density at radius 1 is 1.11 bits per heavy atom. The number of hydrogen-bond donors (Lipinski definition) is 2. The number of aliphatic imine (C=N–C) groups is 1. The summed E-state index contributed by atoms with van der Waals surface area (Å²) >= 11 is 0. The van der Waals surface area contributed by atoms with Gasteiger partial charge in [0.25, 0.3) is 5.56 Å². The number of anilines is 1. The van der Waals surface area contributed by atoms with E-state index in [9.17, 15) is 4.79 Å². The lowest BCUT2D eigenvalue weighted by atomic mass is 9.95. The van der Waals surface area contributed by atoms with Gasteiger partial charge in [-0.25, -0.2) is 19.4 Å². The summed E-state index contributed by atoms with van der Waals surface area (Å²) in [7, 11) is 3.16. The Balaban J connectivity index is 1.76. The van der Waals surface area contributed by atoms with Gasteiger partial charge < -0.3 is 5.73 Å². The molecule has 4 aromatic rings. The summed E-state index contributed by atoms with van der Waals surface area (Å²) in [6, 6.07) is 21.8. The number of rotatable bonds is 9. The molecule has 38 heavy (non-hydrogen) atoms. The Morgan fingerprint density at radius 3 is 2.53 bits per heavy atom. The number of benzene rings is 3. The third-order valence-corrected chi connectivity index (χ3v) is 6.41. The van der Waals surface area contributed by atoms with E-state index in [0.717, 1.165) is 24.0 Å². The lowest BCUT2D eigenvalue weighted by molar-refractivity contribution is 0.145. The molecule has 0 aliphatic rings. The molecule has 3 aromatic carbocycles. The second kappa shape index (κ2) is 12.3. The molecule has 4 rings (SSSR count). The summed E-state index contributed by atoms with van der Waals surface area (Å²) in [4.78, 5) is 27.6. The van der Waals surface area contributed by atoms with Gasteiger partial charge in [0.2, 0.25) is 5.95 Å². The molecular formula is C30H32FN5O2. The first-order chi connectivity index (χ1) is 18.5. The average Bonchev–Trinajstić information content (AvgIpc) is 2.93. The third-order valence-electron chi connectivity index (χ3n) is 6.41. The van der Waals surface area contributed by atoms with Crippen LogP contribution in [0.15, 0.2) is 82.6 Å². The standard InChI is InChI=1S/C30H32FN5O2/c1-4-5-15-27-25(29(37)36(30(32)34-27)22-11-7-6-8-12-22)18-21-17-16-20(19-26(21)31)23-13-9-10-14-24(23)28(33-2)35-38-3/h6-14,16-17,19H,4-5,15,18H2,1-3H3,(H2,32,34)(H,33,35). The molecule has 0 atom stereocenters. The molecule has 3 N–H and O–H groups in total. The Labute approximate surface area is 221 Å². The van der Waals surface area contributed by atoms with Gasteiger partial charge in [-0.05, 0) is 47.7 Å². The van der Waals surface area contributed by atoms with Crippen LogP contribution in [0.3, 0.4) is 0 Å². The van der Waals surface area contributed by atoms with Crippen LogP contribution in [0.5, 0.6) is 0 Å². The van der Waals surface area contributed by atoms with Gasteiger partial charge in [-0.3, -0.25) is 14.6 Å².